The van der Waals surface area contributed by atoms with Crippen molar-refractivity contribution in [2.45, 2.75) is 19.3 Å². The Labute approximate surface area is 131 Å². The van der Waals surface area contributed by atoms with E-state index in [9.17, 15) is 4.79 Å². The first-order valence-electron chi connectivity index (χ1n) is 7.63. The minimum Gasteiger partial charge on any atom is -0.295 e. The number of ketones is 1. The van der Waals surface area contributed by atoms with E-state index in [0.29, 0.717) is 6.42 Å². The fraction of sp³-hybridized carbons (Fsp3) is 0.211. The van der Waals surface area contributed by atoms with Crippen molar-refractivity contribution in [1.82, 2.24) is 0 Å². The molecule has 0 saturated carbocycles. The number of carbonyl (C=O) groups excluding carboxylic acids is 1. The van der Waals surface area contributed by atoms with Crippen LogP contribution in [-0.4, -0.2) is 12.4 Å². The van der Waals surface area contributed by atoms with E-state index >= 15 is 0 Å². The zero-order chi connectivity index (χ0) is 15.4. The number of hydrogen-bond donors (Lipinski definition) is 0. The Kier molecular flexibility index (Phi) is 4.40. The van der Waals surface area contributed by atoms with Crippen molar-refractivity contribution in [3.05, 3.63) is 72.4 Å². The summed E-state index contributed by atoms with van der Waals surface area (Å²) in [5.41, 5.74) is 0.958. The quantitative estimate of drug-likeness (QED) is 0.785. The molecule has 3 heteroatoms. The number of carbonyl (C=O) groups is 1. The zero-order valence-electron chi connectivity index (χ0n) is 12.8. The Hall–Kier alpha value is -1.92. The Balaban J connectivity index is 2.18. The highest BCUT2D eigenvalue weighted by Gasteiger charge is 2.20. The predicted octanol–water partition coefficient (Wildman–Crippen LogP) is 4.11. The lowest BCUT2D eigenvalue weighted by molar-refractivity contribution is -0.115. The second kappa shape index (κ2) is 6.46. The van der Waals surface area contributed by atoms with Crippen LogP contribution in [0.5, 0.6) is 0 Å². The monoisotopic (exact) mass is 309 g/mol. The molecule has 2 nitrogen and oxygen atoms in total. The average molecular weight is 309 g/mol. The van der Waals surface area contributed by atoms with Crippen molar-refractivity contribution >= 4 is 23.4 Å². The molecule has 0 saturated heterocycles. The fourth-order valence-corrected chi connectivity index (χ4v) is 5.52. The van der Waals surface area contributed by atoms with Gasteiger partial charge in [0.1, 0.15) is 0 Å². The smallest absolute Gasteiger partial charge is 0.157 e. The maximum absolute atomic E-state index is 11.7. The van der Waals surface area contributed by atoms with Gasteiger partial charge in [0.05, 0.1) is 0 Å². The van der Waals surface area contributed by atoms with Crippen molar-refractivity contribution in [3.8, 4) is 0 Å². The number of hydrogen-bond acceptors (Lipinski definition) is 2. The average Bonchev–Trinajstić information content (AvgIpc) is 2.56. The summed E-state index contributed by atoms with van der Waals surface area (Å²) >= 11 is 0. The Morgan fingerprint density at radius 2 is 1.41 bits per heavy atom. The van der Waals surface area contributed by atoms with Crippen LogP contribution in [0.3, 0.4) is 0 Å². The van der Waals surface area contributed by atoms with Gasteiger partial charge in [0, 0.05) is 25.2 Å². The van der Waals surface area contributed by atoms with Gasteiger partial charge in [0.15, 0.2) is 5.78 Å². The third-order valence-electron chi connectivity index (χ3n) is 4.03. The summed E-state index contributed by atoms with van der Waals surface area (Å²) in [6.07, 6.45) is 4.22. The highest BCUT2D eigenvalue weighted by molar-refractivity contribution is 7.80. The summed E-state index contributed by atoms with van der Waals surface area (Å²) in [6, 6.07) is 20.9. The minimum atomic E-state index is -1.86. The molecule has 1 aliphatic carbocycles. The van der Waals surface area contributed by atoms with E-state index < -0.39 is 7.05 Å². The number of benzene rings is 2. The topological polar surface area (TPSA) is 29.4 Å². The molecule has 0 aromatic heterocycles. The molecule has 0 aliphatic heterocycles. The summed E-state index contributed by atoms with van der Waals surface area (Å²) < 4.78 is 5.11. The number of rotatable bonds is 3. The maximum Gasteiger partial charge on any atom is 0.157 e. The molecule has 0 fully saturated rings. The summed E-state index contributed by atoms with van der Waals surface area (Å²) in [6.45, 7) is 2.23. The van der Waals surface area contributed by atoms with Gasteiger partial charge in [0.2, 0.25) is 0 Å². The Bertz CT molecular complexity index is 704. The molecule has 0 heterocycles. The van der Waals surface area contributed by atoms with E-state index in [4.69, 9.17) is 4.74 Å². The Morgan fingerprint density at radius 3 is 1.91 bits per heavy atom. The van der Waals surface area contributed by atoms with Gasteiger partial charge in [-0.25, -0.2) is 0 Å². The van der Waals surface area contributed by atoms with Crippen LogP contribution in [0.15, 0.2) is 77.2 Å². The molecule has 112 valence electrons. The molecule has 0 amide bonds. The first kappa shape index (κ1) is 15.0. The van der Waals surface area contributed by atoms with E-state index in [2.05, 4.69) is 55.2 Å². The van der Waals surface area contributed by atoms with Gasteiger partial charge < -0.3 is 0 Å². The van der Waals surface area contributed by atoms with E-state index in [1.165, 1.54) is 10.6 Å². The molecule has 0 N–H and O–H groups in total. The molecule has 0 bridgehead atoms. The highest BCUT2D eigenvalue weighted by atomic mass is 31.2. The lowest BCUT2D eigenvalue weighted by Crippen LogP contribution is -2.15. The molecule has 0 atom stereocenters. The van der Waals surface area contributed by atoms with Crippen LogP contribution < -0.4 is 10.6 Å². The highest BCUT2D eigenvalue weighted by Crippen LogP contribution is 2.45. The normalized spacial score (nSPS) is 15.3. The molecular formula is C19H20NOP. The van der Waals surface area contributed by atoms with Crippen LogP contribution in [0.4, 0.5) is 0 Å². The fourth-order valence-electron chi connectivity index (χ4n) is 2.81. The summed E-state index contributed by atoms with van der Waals surface area (Å²) in [5.74, 6) is 0.206. The van der Waals surface area contributed by atoms with Crippen molar-refractivity contribution in [2.24, 2.45) is 4.74 Å². The molecular weight excluding hydrogens is 289 g/mol. The van der Waals surface area contributed by atoms with Crippen LogP contribution in [0.25, 0.3) is 0 Å². The van der Waals surface area contributed by atoms with Crippen molar-refractivity contribution in [2.75, 3.05) is 6.66 Å². The second-order valence-electron chi connectivity index (χ2n) is 5.69. The molecule has 2 aromatic carbocycles. The van der Waals surface area contributed by atoms with Crippen LogP contribution in [-0.2, 0) is 4.79 Å². The van der Waals surface area contributed by atoms with Gasteiger partial charge in [-0.2, -0.15) is 0 Å². The Morgan fingerprint density at radius 1 is 0.864 bits per heavy atom. The van der Waals surface area contributed by atoms with Gasteiger partial charge in [0.25, 0.3) is 0 Å². The molecule has 2 aromatic rings. The van der Waals surface area contributed by atoms with Gasteiger partial charge in [-0.05, 0) is 30.1 Å². The standard InChI is InChI=1S/C19H20NOP/c1-22(18-11-4-2-5-12-18,19-13-6-3-7-14-19)20-16-9-8-10-17(21)15-16/h2-7,11-15H,8-10H2,1H3. The second-order valence-corrected chi connectivity index (χ2v) is 8.84. The predicted molar refractivity (Wildman–Crippen MR) is 94.4 cm³/mol. The van der Waals surface area contributed by atoms with E-state index in [1.54, 1.807) is 6.08 Å². The van der Waals surface area contributed by atoms with E-state index in [1.807, 2.05) is 12.1 Å². The molecule has 0 spiro atoms. The van der Waals surface area contributed by atoms with Crippen LogP contribution in [0.1, 0.15) is 19.3 Å². The molecule has 22 heavy (non-hydrogen) atoms. The summed E-state index contributed by atoms with van der Waals surface area (Å²) in [4.78, 5) is 11.7. The first-order chi connectivity index (χ1) is 10.7. The lowest BCUT2D eigenvalue weighted by Gasteiger charge is -2.23. The van der Waals surface area contributed by atoms with E-state index in [0.717, 1.165) is 18.5 Å². The van der Waals surface area contributed by atoms with Gasteiger partial charge in [-0.1, -0.05) is 60.7 Å². The van der Waals surface area contributed by atoms with Gasteiger partial charge in [-0.15, -0.1) is 0 Å². The maximum atomic E-state index is 11.7. The number of nitrogens with zero attached hydrogens (tertiary/aromatic N) is 1. The molecule has 1 aliphatic rings. The summed E-state index contributed by atoms with van der Waals surface area (Å²) in [5, 5.41) is 2.50. The van der Waals surface area contributed by atoms with Gasteiger partial charge in [-0.3, -0.25) is 9.54 Å². The van der Waals surface area contributed by atoms with Crippen LogP contribution >= 0.6 is 7.05 Å². The molecule has 3 rings (SSSR count). The number of allylic oxidation sites excluding steroid dienone is 2. The third-order valence-corrected chi connectivity index (χ3v) is 7.29. The minimum absolute atomic E-state index is 0.206. The van der Waals surface area contributed by atoms with Crippen molar-refractivity contribution in [3.63, 3.8) is 0 Å². The zero-order valence-corrected chi connectivity index (χ0v) is 13.7. The van der Waals surface area contributed by atoms with Crippen molar-refractivity contribution < 1.29 is 4.79 Å². The lowest BCUT2D eigenvalue weighted by atomic mass is 10.0. The van der Waals surface area contributed by atoms with E-state index in [-0.39, 0.29) is 5.78 Å². The third kappa shape index (κ3) is 3.13. The SMILES string of the molecule is CP(=NC1=CC(=O)CCC1)(c1ccccc1)c1ccccc1. The molecule has 0 unspecified atom stereocenters. The molecule has 0 radical (unpaired) electrons. The first-order valence-corrected chi connectivity index (χ1v) is 9.82. The van der Waals surface area contributed by atoms with Crippen LogP contribution in [0.2, 0.25) is 0 Å². The van der Waals surface area contributed by atoms with Crippen molar-refractivity contribution in [1.29, 1.82) is 0 Å². The van der Waals surface area contributed by atoms with Crippen LogP contribution in [0, 0.1) is 0 Å². The summed E-state index contributed by atoms with van der Waals surface area (Å²) in [7, 11) is -1.86. The largest absolute Gasteiger partial charge is 0.295 e. The van der Waals surface area contributed by atoms with Gasteiger partial charge >= 0.3 is 0 Å².